The van der Waals surface area contributed by atoms with Crippen LogP contribution in [0.4, 0.5) is 5.69 Å². The van der Waals surface area contributed by atoms with Crippen molar-refractivity contribution in [1.29, 1.82) is 0 Å². The summed E-state index contributed by atoms with van der Waals surface area (Å²) in [5, 5.41) is 0.756. The van der Waals surface area contributed by atoms with Gasteiger partial charge >= 0.3 is 0 Å². The van der Waals surface area contributed by atoms with Crippen LogP contribution in [-0.4, -0.2) is 41.8 Å². The second-order valence-electron chi connectivity index (χ2n) is 12.6. The summed E-state index contributed by atoms with van der Waals surface area (Å²) in [7, 11) is 0. The molecule has 0 saturated heterocycles. The van der Waals surface area contributed by atoms with Crippen molar-refractivity contribution in [1.82, 2.24) is 4.72 Å². The van der Waals surface area contributed by atoms with Gasteiger partial charge in [0.25, 0.3) is 5.91 Å². The molecule has 47 heavy (non-hydrogen) atoms. The van der Waals surface area contributed by atoms with Gasteiger partial charge in [0, 0.05) is 29.6 Å². The van der Waals surface area contributed by atoms with Gasteiger partial charge < -0.3 is 24.3 Å². The van der Waals surface area contributed by atoms with E-state index in [9.17, 15) is 14.1 Å². The number of hydrogen-bond acceptors (Lipinski definition) is 6. The van der Waals surface area contributed by atoms with E-state index in [1.807, 2.05) is 37.3 Å². The van der Waals surface area contributed by atoms with Crippen molar-refractivity contribution in [2.24, 2.45) is 23.5 Å². The molecule has 1 aliphatic carbocycles. The molecule has 2 aromatic carbocycles. The van der Waals surface area contributed by atoms with Gasteiger partial charge in [-0.1, -0.05) is 42.8 Å². The number of nitrogens with one attached hydrogen (secondary N) is 1. The number of unbranched alkanes of at least 4 members (excludes halogenated alkanes) is 1. The standard InChI is InChI=1S/C37H48ClN3O5S/c1-4-41(34-22-30(36(39)42)17-18-35(34)45-19-8-7-11-28-12-9-14-33(38)21-28)23-31-16-15-29(31)13-6-5-10-26(2)25-47(44)40-37(43)32-20-27(3)46-24-32/h5-6,9,12,14,17-18,20-22,24,26,29,31H,4,7-8,10-11,13,15-16,19,23,25H2,1-3H3,(H2,39,42)(H,40,43)/b6-5+/t26-,29+,31-,47+/m0/s1. The largest absolute Gasteiger partial charge is 0.593 e. The van der Waals surface area contributed by atoms with Crippen molar-refractivity contribution in [3.8, 4) is 5.75 Å². The minimum atomic E-state index is -1.45. The Morgan fingerprint density at radius 3 is 2.64 bits per heavy atom. The van der Waals surface area contributed by atoms with Gasteiger partial charge in [0.05, 0.1) is 29.2 Å². The number of ether oxygens (including phenoxy) is 1. The number of nitrogens with zero attached hydrogens (tertiary/aromatic N) is 1. The molecule has 10 heteroatoms. The number of amides is 2. The van der Waals surface area contributed by atoms with E-state index < -0.39 is 17.3 Å². The number of rotatable bonds is 19. The lowest BCUT2D eigenvalue weighted by molar-refractivity contribution is 0.0977. The number of nitrogens with two attached hydrogens (primary N) is 1. The fraction of sp³-hybridized carbons (Fsp3) is 0.459. The number of aryl methyl sites for hydroxylation is 2. The Bertz CT molecular complexity index is 1490. The van der Waals surface area contributed by atoms with Crippen molar-refractivity contribution >= 4 is 40.5 Å². The number of furan rings is 1. The molecule has 1 saturated carbocycles. The van der Waals surface area contributed by atoms with Gasteiger partial charge in [0.1, 0.15) is 23.5 Å². The Morgan fingerprint density at radius 1 is 1.15 bits per heavy atom. The average molecular weight is 682 g/mol. The fourth-order valence-electron chi connectivity index (χ4n) is 5.91. The molecule has 0 spiro atoms. The lowest BCUT2D eigenvalue weighted by Gasteiger charge is -2.40. The quantitative estimate of drug-likeness (QED) is 0.0761. The number of benzene rings is 2. The highest BCUT2D eigenvalue weighted by molar-refractivity contribution is 7.90. The monoisotopic (exact) mass is 681 g/mol. The molecule has 3 aromatic rings. The molecule has 1 aliphatic rings. The Morgan fingerprint density at radius 2 is 1.96 bits per heavy atom. The van der Waals surface area contributed by atoms with Crippen LogP contribution in [0, 0.1) is 24.7 Å². The van der Waals surface area contributed by atoms with Gasteiger partial charge in [0.15, 0.2) is 0 Å². The summed E-state index contributed by atoms with van der Waals surface area (Å²) in [5.74, 6) is 2.25. The molecule has 1 aromatic heterocycles. The van der Waals surface area contributed by atoms with Crippen LogP contribution in [0.1, 0.15) is 84.4 Å². The summed E-state index contributed by atoms with van der Waals surface area (Å²) in [6, 6.07) is 15.1. The second-order valence-corrected chi connectivity index (χ2v) is 14.2. The normalized spacial score (nSPS) is 17.2. The van der Waals surface area contributed by atoms with Crippen LogP contribution < -0.4 is 20.1 Å². The lowest BCUT2D eigenvalue weighted by Crippen LogP contribution is -2.38. The van der Waals surface area contributed by atoms with Crippen molar-refractivity contribution in [2.75, 3.05) is 30.3 Å². The summed E-state index contributed by atoms with van der Waals surface area (Å²) in [6.45, 7) is 8.19. The number of halogens is 1. The minimum absolute atomic E-state index is 0.166. The van der Waals surface area contributed by atoms with E-state index in [0.29, 0.717) is 41.1 Å². The SMILES string of the molecule is CCN(C[C@@H]1CC[C@H]1C/C=C/C[C@H](C)C[S@@+]([O-])NC(=O)c1coc(C)c1)c1cc(C(N)=O)ccc1OCCCCc1cccc(Cl)c1. The van der Waals surface area contributed by atoms with Crippen LogP contribution >= 0.6 is 11.6 Å². The molecule has 1 heterocycles. The van der Waals surface area contributed by atoms with Crippen LogP contribution in [0.2, 0.25) is 5.02 Å². The zero-order valence-corrected chi connectivity index (χ0v) is 29.3. The Kier molecular flexibility index (Phi) is 14.1. The smallest absolute Gasteiger partial charge is 0.295 e. The third-order valence-electron chi connectivity index (χ3n) is 8.78. The molecule has 3 N–H and O–H groups in total. The van der Waals surface area contributed by atoms with Crippen molar-refractivity contribution in [3.63, 3.8) is 0 Å². The maximum atomic E-state index is 12.4. The summed E-state index contributed by atoms with van der Waals surface area (Å²) >= 11 is 4.67. The van der Waals surface area contributed by atoms with Gasteiger partial charge in [0.2, 0.25) is 5.91 Å². The third-order valence-corrected chi connectivity index (χ3v) is 10.3. The molecule has 0 bridgehead atoms. The minimum Gasteiger partial charge on any atom is -0.593 e. The summed E-state index contributed by atoms with van der Waals surface area (Å²) in [5.41, 5.74) is 8.64. The zero-order chi connectivity index (χ0) is 33.8. The summed E-state index contributed by atoms with van der Waals surface area (Å²) in [6.07, 6.45) is 12.8. The van der Waals surface area contributed by atoms with Gasteiger partial charge in [-0.3, -0.25) is 9.59 Å². The van der Waals surface area contributed by atoms with Gasteiger partial charge in [-0.25, -0.2) is 0 Å². The first-order valence-electron chi connectivity index (χ1n) is 16.6. The molecule has 2 amide bonds. The molecule has 8 nitrogen and oxygen atoms in total. The number of carbonyl (C=O) groups is 2. The summed E-state index contributed by atoms with van der Waals surface area (Å²) in [4.78, 5) is 26.6. The van der Waals surface area contributed by atoms with E-state index in [2.05, 4.69) is 34.8 Å². The average Bonchev–Trinajstić information content (AvgIpc) is 3.47. The first-order valence-corrected chi connectivity index (χ1v) is 18.3. The number of carbonyl (C=O) groups excluding carboxylic acids is 2. The maximum absolute atomic E-state index is 12.4. The van der Waals surface area contributed by atoms with E-state index in [-0.39, 0.29) is 11.8 Å². The topological polar surface area (TPSA) is 121 Å². The maximum Gasteiger partial charge on any atom is 0.295 e. The van der Waals surface area contributed by atoms with E-state index in [4.69, 9.17) is 26.5 Å². The predicted octanol–water partition coefficient (Wildman–Crippen LogP) is 7.66. The molecule has 0 radical (unpaired) electrons. The number of primary amides is 1. The van der Waals surface area contributed by atoms with Crippen molar-refractivity contribution in [2.45, 2.75) is 65.7 Å². The number of hydrogen-bond donors (Lipinski definition) is 2. The predicted molar refractivity (Wildman–Crippen MR) is 190 cm³/mol. The zero-order valence-electron chi connectivity index (χ0n) is 27.7. The van der Waals surface area contributed by atoms with Crippen LogP contribution in [0.15, 0.2) is 71.4 Å². The Labute approximate surface area is 287 Å². The molecule has 0 aliphatic heterocycles. The highest BCUT2D eigenvalue weighted by Gasteiger charge is 2.32. The second kappa shape index (κ2) is 18.2. The summed E-state index contributed by atoms with van der Waals surface area (Å²) < 4.78 is 26.4. The van der Waals surface area contributed by atoms with E-state index >= 15 is 0 Å². The van der Waals surface area contributed by atoms with Crippen LogP contribution in [0.3, 0.4) is 0 Å². The van der Waals surface area contributed by atoms with Crippen LogP contribution in [-0.2, 0) is 17.8 Å². The molecular weight excluding hydrogens is 634 g/mol. The molecule has 254 valence electrons. The van der Waals surface area contributed by atoms with Crippen molar-refractivity contribution < 1.29 is 23.3 Å². The molecular formula is C37H48ClN3O5S. The van der Waals surface area contributed by atoms with Crippen LogP contribution in [0.5, 0.6) is 5.75 Å². The van der Waals surface area contributed by atoms with Gasteiger partial charge in [-0.2, -0.15) is 4.72 Å². The van der Waals surface area contributed by atoms with Crippen molar-refractivity contribution in [3.05, 3.63) is 94.4 Å². The van der Waals surface area contributed by atoms with Gasteiger partial charge in [-0.15, -0.1) is 0 Å². The highest BCUT2D eigenvalue weighted by Crippen LogP contribution is 2.40. The fourth-order valence-corrected chi connectivity index (χ4v) is 7.18. The lowest BCUT2D eigenvalue weighted by atomic mass is 9.71. The van der Waals surface area contributed by atoms with E-state index in [0.717, 1.165) is 68.1 Å². The molecule has 1 fully saturated rings. The molecule has 4 rings (SSSR count). The van der Waals surface area contributed by atoms with Gasteiger partial charge in [-0.05, 0) is 113 Å². The Balaban J connectivity index is 1.24. The first-order chi connectivity index (χ1) is 22.6. The number of anilines is 1. The van der Waals surface area contributed by atoms with E-state index in [1.54, 1.807) is 19.1 Å². The molecule has 4 atom stereocenters. The Hall–Kier alpha value is -3.40. The van der Waals surface area contributed by atoms with E-state index in [1.165, 1.54) is 18.2 Å². The number of allylic oxidation sites excluding steroid dienone is 2. The van der Waals surface area contributed by atoms with Crippen LogP contribution in [0.25, 0.3) is 0 Å². The first kappa shape index (κ1) is 36.4. The molecule has 0 unspecified atom stereocenters. The third kappa shape index (κ3) is 11.4. The highest BCUT2D eigenvalue weighted by atomic mass is 35.5.